The molecule has 0 saturated heterocycles. The average molecular weight is 164 g/mol. The molecule has 0 spiro atoms. The predicted octanol–water partition coefficient (Wildman–Crippen LogP) is 0.557. The lowest BCUT2D eigenvalue weighted by Crippen LogP contribution is -2.28. The van der Waals surface area contributed by atoms with Crippen molar-refractivity contribution in [1.82, 2.24) is 15.4 Å². The number of nitrogens with one attached hydrogen (secondary N) is 1. The quantitative estimate of drug-likeness (QED) is 0.387. The number of nitrogens with zero attached hydrogens (tertiary/aromatic N) is 2. The zero-order valence-corrected chi connectivity index (χ0v) is 6.77. The highest BCUT2D eigenvalue weighted by Gasteiger charge is 2.07. The van der Waals surface area contributed by atoms with Crippen LogP contribution in [-0.4, -0.2) is 9.97 Å². The average Bonchev–Trinajstić information content (AvgIpc) is 2.15. The molecule has 3 N–H and O–H groups in total. The van der Waals surface area contributed by atoms with Crippen LogP contribution in [0.1, 0.15) is 18.2 Å². The molecule has 12 heavy (non-hydrogen) atoms. The van der Waals surface area contributed by atoms with Gasteiger partial charge in [-0.25, -0.2) is 9.97 Å². The van der Waals surface area contributed by atoms with Gasteiger partial charge in [0.2, 0.25) is 0 Å². The summed E-state index contributed by atoms with van der Waals surface area (Å²) in [6.45, 7) is 3.63. The lowest BCUT2D eigenvalue weighted by molar-refractivity contribution is 0.546. The summed E-state index contributed by atoms with van der Waals surface area (Å²) in [4.78, 5) is 7.88. The Hall–Kier alpha value is -1.26. The molecule has 0 radical (unpaired) electrons. The maximum atomic E-state index is 5.33. The van der Waals surface area contributed by atoms with Crippen LogP contribution in [0.3, 0.4) is 0 Å². The molecule has 0 aliphatic heterocycles. The van der Waals surface area contributed by atoms with Gasteiger partial charge >= 0.3 is 0 Å². The first kappa shape index (κ1) is 8.83. The van der Waals surface area contributed by atoms with Crippen LogP contribution in [0.25, 0.3) is 0 Å². The molecule has 64 valence electrons. The smallest absolute Gasteiger partial charge is 0.115 e. The molecule has 0 fully saturated rings. The van der Waals surface area contributed by atoms with E-state index in [0.29, 0.717) is 0 Å². The van der Waals surface area contributed by atoms with Crippen molar-refractivity contribution in [2.24, 2.45) is 5.84 Å². The van der Waals surface area contributed by atoms with E-state index < -0.39 is 0 Å². The highest BCUT2D eigenvalue weighted by atomic mass is 15.2. The van der Waals surface area contributed by atoms with E-state index in [0.717, 1.165) is 12.1 Å². The summed E-state index contributed by atoms with van der Waals surface area (Å²) in [5, 5.41) is 0. The minimum Gasteiger partial charge on any atom is -0.271 e. The Morgan fingerprint density at radius 3 is 3.08 bits per heavy atom. The van der Waals surface area contributed by atoms with Gasteiger partial charge in [-0.05, 0) is 12.5 Å². The van der Waals surface area contributed by atoms with Crippen molar-refractivity contribution >= 4 is 0 Å². The molecule has 0 bridgehead atoms. The molecule has 0 aliphatic carbocycles. The van der Waals surface area contributed by atoms with E-state index in [4.69, 9.17) is 5.84 Å². The van der Waals surface area contributed by atoms with Gasteiger partial charge in [-0.3, -0.25) is 11.3 Å². The largest absolute Gasteiger partial charge is 0.271 e. The predicted molar refractivity (Wildman–Crippen MR) is 46.9 cm³/mol. The van der Waals surface area contributed by atoms with Gasteiger partial charge < -0.3 is 0 Å². The van der Waals surface area contributed by atoms with Gasteiger partial charge in [0, 0.05) is 6.20 Å². The van der Waals surface area contributed by atoms with Crippen LogP contribution in [0, 0.1) is 0 Å². The van der Waals surface area contributed by atoms with E-state index in [-0.39, 0.29) is 6.04 Å². The highest BCUT2D eigenvalue weighted by molar-refractivity contribution is 5.05. The normalized spacial score (nSPS) is 12.4. The second-order valence-corrected chi connectivity index (χ2v) is 2.38. The molecule has 1 aromatic heterocycles. The number of nitrogens with two attached hydrogens (primary N) is 1. The van der Waals surface area contributed by atoms with Crippen molar-refractivity contribution in [3.63, 3.8) is 0 Å². The van der Waals surface area contributed by atoms with Crippen molar-refractivity contribution in [3.8, 4) is 0 Å². The first-order valence-corrected chi connectivity index (χ1v) is 3.71. The summed E-state index contributed by atoms with van der Waals surface area (Å²) in [6.07, 6.45) is 5.75. The van der Waals surface area contributed by atoms with Crippen LogP contribution in [0.4, 0.5) is 0 Å². The van der Waals surface area contributed by atoms with Gasteiger partial charge in [0.15, 0.2) is 0 Å². The monoisotopic (exact) mass is 164 g/mol. The maximum absolute atomic E-state index is 5.33. The number of hydrogen-bond donors (Lipinski definition) is 2. The number of hydrogen-bond acceptors (Lipinski definition) is 4. The van der Waals surface area contributed by atoms with E-state index in [1.165, 1.54) is 6.33 Å². The minimum atomic E-state index is 0.0329. The Bertz CT molecular complexity index is 234. The highest BCUT2D eigenvalue weighted by Crippen LogP contribution is 2.11. The van der Waals surface area contributed by atoms with Gasteiger partial charge in [0.05, 0.1) is 11.7 Å². The standard InChI is InChI=1S/C8H12N4/c1-2-3-8(12-9)7-4-5-10-6-11-7/h2,4-6,8,12H,1,3,9H2. The molecule has 1 rings (SSSR count). The first-order chi connectivity index (χ1) is 5.88. The molecule has 1 atom stereocenters. The number of rotatable bonds is 4. The number of aromatic nitrogens is 2. The van der Waals surface area contributed by atoms with Gasteiger partial charge in [-0.1, -0.05) is 6.08 Å². The van der Waals surface area contributed by atoms with Gasteiger partial charge in [-0.2, -0.15) is 0 Å². The Kier molecular flexibility index (Phi) is 3.37. The molecular formula is C8H12N4. The molecule has 0 amide bonds. The Labute approximate surface area is 71.5 Å². The second kappa shape index (κ2) is 4.58. The molecule has 4 nitrogen and oxygen atoms in total. The van der Waals surface area contributed by atoms with Gasteiger partial charge in [-0.15, -0.1) is 6.58 Å². The SMILES string of the molecule is C=CCC(NN)c1ccncn1. The zero-order valence-electron chi connectivity index (χ0n) is 6.77. The third kappa shape index (κ3) is 2.11. The van der Waals surface area contributed by atoms with Crippen LogP contribution >= 0.6 is 0 Å². The molecule has 1 unspecified atom stereocenters. The van der Waals surface area contributed by atoms with E-state index in [2.05, 4.69) is 22.0 Å². The van der Waals surface area contributed by atoms with E-state index in [1.807, 2.05) is 6.07 Å². The fourth-order valence-corrected chi connectivity index (χ4v) is 0.948. The van der Waals surface area contributed by atoms with Gasteiger partial charge in [0.25, 0.3) is 0 Å². The third-order valence-corrected chi connectivity index (χ3v) is 1.57. The second-order valence-electron chi connectivity index (χ2n) is 2.38. The van der Waals surface area contributed by atoms with Crippen molar-refractivity contribution in [2.75, 3.05) is 0 Å². The topological polar surface area (TPSA) is 63.8 Å². The van der Waals surface area contributed by atoms with Crippen LogP contribution < -0.4 is 11.3 Å². The molecule has 0 aromatic carbocycles. The summed E-state index contributed by atoms with van der Waals surface area (Å²) in [5.41, 5.74) is 3.54. The van der Waals surface area contributed by atoms with Crippen LogP contribution in [0.15, 0.2) is 31.2 Å². The fraction of sp³-hybridized carbons (Fsp3) is 0.250. The Balaban J connectivity index is 2.72. The molecular weight excluding hydrogens is 152 g/mol. The molecule has 1 heterocycles. The van der Waals surface area contributed by atoms with Crippen LogP contribution in [0.2, 0.25) is 0 Å². The molecule has 0 saturated carbocycles. The summed E-state index contributed by atoms with van der Waals surface area (Å²) < 4.78 is 0. The zero-order chi connectivity index (χ0) is 8.81. The maximum Gasteiger partial charge on any atom is 0.115 e. The van der Waals surface area contributed by atoms with Crippen molar-refractivity contribution < 1.29 is 0 Å². The van der Waals surface area contributed by atoms with E-state index in [9.17, 15) is 0 Å². The van der Waals surface area contributed by atoms with Crippen molar-refractivity contribution in [3.05, 3.63) is 36.9 Å². The van der Waals surface area contributed by atoms with E-state index >= 15 is 0 Å². The molecule has 1 aromatic rings. The Morgan fingerprint density at radius 2 is 2.58 bits per heavy atom. The summed E-state index contributed by atoms with van der Waals surface area (Å²) in [6, 6.07) is 1.86. The fourth-order valence-electron chi connectivity index (χ4n) is 0.948. The third-order valence-electron chi connectivity index (χ3n) is 1.57. The molecule has 4 heteroatoms. The summed E-state index contributed by atoms with van der Waals surface area (Å²) >= 11 is 0. The summed E-state index contributed by atoms with van der Waals surface area (Å²) in [5.74, 6) is 5.33. The first-order valence-electron chi connectivity index (χ1n) is 3.71. The Morgan fingerprint density at radius 1 is 1.75 bits per heavy atom. The number of hydrazine groups is 1. The summed E-state index contributed by atoms with van der Waals surface area (Å²) in [7, 11) is 0. The van der Waals surface area contributed by atoms with Crippen LogP contribution in [-0.2, 0) is 0 Å². The van der Waals surface area contributed by atoms with Crippen molar-refractivity contribution in [1.29, 1.82) is 0 Å². The lowest BCUT2D eigenvalue weighted by Gasteiger charge is -2.11. The van der Waals surface area contributed by atoms with Gasteiger partial charge in [0.1, 0.15) is 6.33 Å². The lowest BCUT2D eigenvalue weighted by atomic mass is 10.1. The van der Waals surface area contributed by atoms with E-state index in [1.54, 1.807) is 12.3 Å². The molecule has 0 aliphatic rings. The minimum absolute atomic E-state index is 0.0329. The van der Waals surface area contributed by atoms with Crippen LogP contribution in [0.5, 0.6) is 0 Å². The van der Waals surface area contributed by atoms with Crippen molar-refractivity contribution in [2.45, 2.75) is 12.5 Å².